The lowest BCUT2D eigenvalue weighted by molar-refractivity contribution is 0.383. The highest BCUT2D eigenvalue weighted by molar-refractivity contribution is 7.89. The topological polar surface area (TPSA) is 93.5 Å². The predicted molar refractivity (Wildman–Crippen MR) is 122 cm³/mol. The minimum atomic E-state index is -3.60. The summed E-state index contributed by atoms with van der Waals surface area (Å²) in [5.41, 5.74) is 3.40. The Bertz CT molecular complexity index is 1250. The Labute approximate surface area is 188 Å². The van der Waals surface area contributed by atoms with E-state index in [1.165, 1.54) is 6.33 Å². The number of aromatic nitrogens is 4. The van der Waals surface area contributed by atoms with E-state index in [2.05, 4.69) is 20.0 Å². The van der Waals surface area contributed by atoms with Gasteiger partial charge in [-0.25, -0.2) is 23.1 Å². The first-order chi connectivity index (χ1) is 15.2. The zero-order valence-electron chi connectivity index (χ0n) is 19.0. The fraction of sp³-hybridized carbons (Fsp3) is 0.409. The van der Waals surface area contributed by atoms with Gasteiger partial charge in [0.05, 0.1) is 17.7 Å². The van der Waals surface area contributed by atoms with Crippen molar-refractivity contribution in [2.75, 3.05) is 38.2 Å². The molecule has 0 amide bonds. The van der Waals surface area contributed by atoms with Crippen LogP contribution in [0.5, 0.6) is 5.75 Å². The molecule has 0 N–H and O–H groups in total. The van der Waals surface area contributed by atoms with Crippen LogP contribution >= 0.6 is 0 Å². The van der Waals surface area contributed by atoms with Crippen LogP contribution in [-0.4, -0.2) is 65.8 Å². The number of hydrogen-bond acceptors (Lipinski definition) is 7. The van der Waals surface area contributed by atoms with Gasteiger partial charge in [0.25, 0.3) is 0 Å². The Morgan fingerprint density at radius 3 is 2.19 bits per heavy atom. The lowest BCUT2D eigenvalue weighted by Gasteiger charge is -2.35. The van der Waals surface area contributed by atoms with E-state index in [0.717, 1.165) is 22.8 Å². The van der Waals surface area contributed by atoms with Crippen molar-refractivity contribution in [1.29, 1.82) is 0 Å². The van der Waals surface area contributed by atoms with Gasteiger partial charge in [0.2, 0.25) is 10.0 Å². The number of piperazine rings is 1. The van der Waals surface area contributed by atoms with Gasteiger partial charge < -0.3 is 9.64 Å². The highest BCUT2D eigenvalue weighted by Crippen LogP contribution is 2.28. The number of ether oxygens (including phenoxy) is 1. The lowest BCUT2D eigenvalue weighted by Crippen LogP contribution is -2.49. The molecular weight excluding hydrogens is 428 g/mol. The molecule has 1 aliphatic heterocycles. The Morgan fingerprint density at radius 2 is 1.56 bits per heavy atom. The summed E-state index contributed by atoms with van der Waals surface area (Å²) in [5, 5.41) is 4.48. The average molecular weight is 457 g/mol. The summed E-state index contributed by atoms with van der Waals surface area (Å²) >= 11 is 0. The zero-order chi connectivity index (χ0) is 23.0. The normalized spacial score (nSPS) is 15.2. The van der Waals surface area contributed by atoms with E-state index in [1.807, 2.05) is 32.9 Å². The summed E-state index contributed by atoms with van der Waals surface area (Å²) in [7, 11) is -2.01. The minimum absolute atomic E-state index is 0.332. The summed E-state index contributed by atoms with van der Waals surface area (Å²) in [4.78, 5) is 11.2. The third-order valence-corrected chi connectivity index (χ3v) is 7.78. The first-order valence-corrected chi connectivity index (χ1v) is 11.9. The Morgan fingerprint density at radius 1 is 0.875 bits per heavy atom. The molecule has 0 unspecified atom stereocenters. The fourth-order valence-electron chi connectivity index (χ4n) is 4.04. The SMILES string of the molecule is COc1cc(C)c(S(=O)(=O)N2CCN(c3cc(-n4nc(C)cc4C)ncn3)CC2)cc1C. The molecule has 3 heterocycles. The first kappa shape index (κ1) is 22.2. The van der Waals surface area contributed by atoms with E-state index in [4.69, 9.17) is 4.74 Å². The van der Waals surface area contributed by atoms with Gasteiger partial charge in [-0.3, -0.25) is 0 Å². The molecular formula is C22H28N6O3S. The van der Waals surface area contributed by atoms with Crippen LogP contribution in [0.1, 0.15) is 22.5 Å². The van der Waals surface area contributed by atoms with Gasteiger partial charge in [0, 0.05) is 37.9 Å². The molecule has 170 valence electrons. The molecule has 0 aliphatic carbocycles. The molecule has 0 bridgehead atoms. The van der Waals surface area contributed by atoms with Crippen LogP contribution in [0.3, 0.4) is 0 Å². The van der Waals surface area contributed by atoms with Crippen LogP contribution in [0.4, 0.5) is 5.82 Å². The first-order valence-electron chi connectivity index (χ1n) is 10.5. The van der Waals surface area contributed by atoms with E-state index in [9.17, 15) is 8.42 Å². The van der Waals surface area contributed by atoms with Crippen molar-refractivity contribution in [2.45, 2.75) is 32.6 Å². The quantitative estimate of drug-likeness (QED) is 0.582. The summed E-state index contributed by atoms with van der Waals surface area (Å²) in [6.07, 6.45) is 1.52. The van der Waals surface area contributed by atoms with Gasteiger partial charge >= 0.3 is 0 Å². The smallest absolute Gasteiger partial charge is 0.243 e. The van der Waals surface area contributed by atoms with E-state index >= 15 is 0 Å². The molecule has 0 radical (unpaired) electrons. The standard InChI is InChI=1S/C22H28N6O3S/c1-15-11-20(16(2)10-19(15)31-5)32(29,30)27-8-6-26(7-9-27)21-13-22(24-14-23-21)28-18(4)12-17(3)25-28/h10-14H,6-9H2,1-5H3. The molecule has 1 aromatic carbocycles. The summed E-state index contributed by atoms with van der Waals surface area (Å²) in [5.74, 6) is 2.14. The second kappa shape index (κ2) is 8.51. The van der Waals surface area contributed by atoms with Gasteiger partial charge in [-0.2, -0.15) is 9.40 Å². The number of methoxy groups -OCH3 is 1. The molecule has 9 nitrogen and oxygen atoms in total. The van der Waals surface area contributed by atoms with Crippen LogP contribution in [0.2, 0.25) is 0 Å². The summed E-state index contributed by atoms with van der Waals surface area (Å²) in [6.45, 7) is 9.42. The zero-order valence-corrected chi connectivity index (χ0v) is 19.8. The summed E-state index contributed by atoms with van der Waals surface area (Å²) in [6, 6.07) is 7.36. The predicted octanol–water partition coefficient (Wildman–Crippen LogP) is 2.42. The van der Waals surface area contributed by atoms with Crippen molar-refractivity contribution < 1.29 is 13.2 Å². The third kappa shape index (κ3) is 4.07. The number of benzene rings is 1. The number of aryl methyl sites for hydroxylation is 4. The van der Waals surface area contributed by atoms with Crippen molar-refractivity contribution in [3.63, 3.8) is 0 Å². The van der Waals surface area contributed by atoms with Crippen LogP contribution in [0.25, 0.3) is 5.82 Å². The molecule has 1 aliphatic rings. The monoisotopic (exact) mass is 456 g/mol. The second-order valence-electron chi connectivity index (χ2n) is 8.05. The molecule has 0 spiro atoms. The van der Waals surface area contributed by atoms with Gasteiger partial charge in [-0.1, -0.05) is 0 Å². The van der Waals surface area contributed by atoms with Crippen LogP contribution < -0.4 is 9.64 Å². The Hall–Kier alpha value is -2.98. The minimum Gasteiger partial charge on any atom is -0.496 e. The molecule has 1 fully saturated rings. The molecule has 2 aromatic heterocycles. The van der Waals surface area contributed by atoms with Crippen molar-refractivity contribution in [2.24, 2.45) is 0 Å². The molecule has 1 saturated heterocycles. The number of sulfonamides is 1. The second-order valence-corrected chi connectivity index (χ2v) is 9.96. The molecule has 0 saturated carbocycles. The maximum atomic E-state index is 13.3. The maximum Gasteiger partial charge on any atom is 0.243 e. The van der Waals surface area contributed by atoms with E-state index in [0.29, 0.717) is 48.2 Å². The molecule has 0 atom stereocenters. The molecule has 3 aromatic rings. The van der Waals surface area contributed by atoms with E-state index < -0.39 is 10.0 Å². The van der Waals surface area contributed by atoms with Crippen molar-refractivity contribution in [3.05, 3.63) is 53.1 Å². The molecule has 32 heavy (non-hydrogen) atoms. The lowest BCUT2D eigenvalue weighted by atomic mass is 10.1. The maximum absolute atomic E-state index is 13.3. The van der Waals surface area contributed by atoms with E-state index in [1.54, 1.807) is 35.2 Å². The fourth-order valence-corrected chi connectivity index (χ4v) is 5.76. The number of rotatable bonds is 5. The molecule has 10 heteroatoms. The number of hydrogen-bond donors (Lipinski definition) is 0. The van der Waals surface area contributed by atoms with Gasteiger partial charge in [0.1, 0.15) is 17.9 Å². The Balaban J connectivity index is 1.52. The van der Waals surface area contributed by atoms with Gasteiger partial charge in [-0.05, 0) is 57.0 Å². The van der Waals surface area contributed by atoms with Crippen LogP contribution in [0.15, 0.2) is 35.5 Å². The van der Waals surface area contributed by atoms with Gasteiger partial charge in [-0.15, -0.1) is 0 Å². The highest BCUT2D eigenvalue weighted by atomic mass is 32.2. The number of nitrogens with zero attached hydrogens (tertiary/aromatic N) is 6. The van der Waals surface area contributed by atoms with Crippen LogP contribution in [0, 0.1) is 27.7 Å². The highest BCUT2D eigenvalue weighted by Gasteiger charge is 2.30. The summed E-state index contributed by atoms with van der Waals surface area (Å²) < 4.78 is 35.3. The van der Waals surface area contributed by atoms with Crippen LogP contribution in [-0.2, 0) is 10.0 Å². The third-order valence-electron chi connectivity index (χ3n) is 5.74. The van der Waals surface area contributed by atoms with E-state index in [-0.39, 0.29) is 0 Å². The van der Waals surface area contributed by atoms with Crippen molar-refractivity contribution >= 4 is 15.8 Å². The van der Waals surface area contributed by atoms with Gasteiger partial charge in [0.15, 0.2) is 5.82 Å². The van der Waals surface area contributed by atoms with Crippen molar-refractivity contribution in [3.8, 4) is 11.6 Å². The average Bonchev–Trinajstić information content (AvgIpc) is 3.13. The molecule has 4 rings (SSSR count). The largest absolute Gasteiger partial charge is 0.496 e. The van der Waals surface area contributed by atoms with Crippen molar-refractivity contribution in [1.82, 2.24) is 24.1 Å². The Kier molecular flexibility index (Phi) is 5.91. The number of anilines is 1.